The van der Waals surface area contributed by atoms with Crippen LogP contribution in [0.15, 0.2) is 53.4 Å². The highest BCUT2D eigenvalue weighted by molar-refractivity contribution is 7.89. The first-order valence-electron chi connectivity index (χ1n) is 8.90. The standard InChI is InChI=1S/C20H24N2O3S/c1-16(23)18-5-4-6-20(15-18)26(24,25)21-12-11-17-7-9-19(10-8-17)22-13-2-3-14-22/h4-10,15,21H,2-3,11-14H2,1H3. The second-order valence-corrected chi connectivity index (χ2v) is 8.36. The fraction of sp³-hybridized carbons (Fsp3) is 0.350. The molecule has 1 aliphatic rings. The van der Waals surface area contributed by atoms with Gasteiger partial charge < -0.3 is 4.90 Å². The van der Waals surface area contributed by atoms with Crippen molar-refractivity contribution in [2.24, 2.45) is 0 Å². The van der Waals surface area contributed by atoms with Crippen LogP contribution in [-0.2, 0) is 16.4 Å². The van der Waals surface area contributed by atoms with E-state index in [4.69, 9.17) is 0 Å². The van der Waals surface area contributed by atoms with Crippen LogP contribution >= 0.6 is 0 Å². The Bertz CT molecular complexity index is 870. The van der Waals surface area contributed by atoms with E-state index in [2.05, 4.69) is 33.9 Å². The minimum absolute atomic E-state index is 0.120. The Morgan fingerprint density at radius 2 is 1.77 bits per heavy atom. The summed E-state index contributed by atoms with van der Waals surface area (Å²) in [5, 5.41) is 0. The van der Waals surface area contributed by atoms with E-state index in [-0.39, 0.29) is 10.7 Å². The van der Waals surface area contributed by atoms with E-state index in [0.29, 0.717) is 18.5 Å². The first kappa shape index (κ1) is 18.6. The summed E-state index contributed by atoms with van der Waals surface area (Å²) >= 11 is 0. The Morgan fingerprint density at radius 1 is 1.08 bits per heavy atom. The summed E-state index contributed by atoms with van der Waals surface area (Å²) in [5.41, 5.74) is 2.71. The molecule has 5 nitrogen and oxygen atoms in total. The molecule has 1 fully saturated rings. The lowest BCUT2D eigenvalue weighted by Crippen LogP contribution is -2.26. The van der Waals surface area contributed by atoms with Crippen molar-refractivity contribution in [2.75, 3.05) is 24.5 Å². The zero-order valence-corrected chi connectivity index (χ0v) is 15.8. The Kier molecular flexibility index (Phi) is 5.74. The molecule has 0 aromatic heterocycles. The van der Waals surface area contributed by atoms with E-state index in [1.807, 2.05) is 0 Å². The number of hydrogen-bond donors (Lipinski definition) is 1. The van der Waals surface area contributed by atoms with E-state index in [0.717, 1.165) is 18.7 Å². The predicted octanol–water partition coefficient (Wildman–Crippen LogP) is 3.01. The number of rotatable bonds is 7. The molecule has 138 valence electrons. The maximum Gasteiger partial charge on any atom is 0.240 e. The van der Waals surface area contributed by atoms with Crippen molar-refractivity contribution in [1.82, 2.24) is 4.72 Å². The van der Waals surface area contributed by atoms with Crippen molar-refractivity contribution in [3.8, 4) is 0 Å². The summed E-state index contributed by atoms with van der Waals surface area (Å²) in [6.45, 7) is 3.96. The fourth-order valence-corrected chi connectivity index (χ4v) is 4.22. The molecule has 0 bridgehead atoms. The second kappa shape index (κ2) is 8.01. The zero-order valence-electron chi connectivity index (χ0n) is 14.9. The molecule has 2 aromatic carbocycles. The Labute approximate surface area is 155 Å². The van der Waals surface area contributed by atoms with Gasteiger partial charge in [-0.05, 0) is 56.0 Å². The molecule has 2 aromatic rings. The molecule has 0 radical (unpaired) electrons. The van der Waals surface area contributed by atoms with E-state index in [1.54, 1.807) is 12.1 Å². The number of nitrogens with zero attached hydrogens (tertiary/aromatic N) is 1. The molecule has 0 atom stereocenters. The smallest absolute Gasteiger partial charge is 0.240 e. The molecule has 0 saturated carbocycles. The number of nitrogens with one attached hydrogen (secondary N) is 1. The van der Waals surface area contributed by atoms with Gasteiger partial charge in [-0.1, -0.05) is 24.3 Å². The normalized spacial score (nSPS) is 14.6. The third-order valence-electron chi connectivity index (χ3n) is 4.66. The predicted molar refractivity (Wildman–Crippen MR) is 103 cm³/mol. The number of benzene rings is 2. The van der Waals surface area contributed by atoms with Gasteiger partial charge in [-0.15, -0.1) is 0 Å². The van der Waals surface area contributed by atoms with Crippen molar-refractivity contribution in [1.29, 1.82) is 0 Å². The van der Waals surface area contributed by atoms with Crippen molar-refractivity contribution in [2.45, 2.75) is 31.1 Å². The van der Waals surface area contributed by atoms with E-state index in [9.17, 15) is 13.2 Å². The molecule has 1 aliphatic heterocycles. The highest BCUT2D eigenvalue weighted by Gasteiger charge is 2.15. The topological polar surface area (TPSA) is 66.5 Å². The SMILES string of the molecule is CC(=O)c1cccc(S(=O)(=O)NCCc2ccc(N3CCCC3)cc2)c1. The summed E-state index contributed by atoms with van der Waals surface area (Å²) in [7, 11) is -3.62. The first-order valence-corrected chi connectivity index (χ1v) is 10.4. The molecule has 26 heavy (non-hydrogen) atoms. The molecule has 6 heteroatoms. The lowest BCUT2D eigenvalue weighted by Gasteiger charge is -2.17. The Hall–Kier alpha value is -2.18. The highest BCUT2D eigenvalue weighted by atomic mass is 32.2. The van der Waals surface area contributed by atoms with Crippen LogP contribution in [0.25, 0.3) is 0 Å². The number of Topliss-reactive ketones (excluding diaryl/α,β-unsaturated/α-hetero) is 1. The van der Waals surface area contributed by atoms with Gasteiger partial charge in [-0.2, -0.15) is 0 Å². The van der Waals surface area contributed by atoms with Gasteiger partial charge in [0.2, 0.25) is 10.0 Å². The largest absolute Gasteiger partial charge is 0.372 e. The van der Waals surface area contributed by atoms with E-state index < -0.39 is 10.0 Å². The van der Waals surface area contributed by atoms with Gasteiger partial charge >= 0.3 is 0 Å². The van der Waals surface area contributed by atoms with Crippen LogP contribution < -0.4 is 9.62 Å². The lowest BCUT2D eigenvalue weighted by molar-refractivity contribution is 0.101. The summed E-state index contributed by atoms with van der Waals surface area (Å²) < 4.78 is 27.4. The number of hydrogen-bond acceptors (Lipinski definition) is 4. The monoisotopic (exact) mass is 372 g/mol. The van der Waals surface area contributed by atoms with E-state index in [1.165, 1.54) is 37.6 Å². The van der Waals surface area contributed by atoms with Gasteiger partial charge in [0.25, 0.3) is 0 Å². The van der Waals surface area contributed by atoms with Crippen LogP contribution in [0, 0.1) is 0 Å². The number of anilines is 1. The summed E-state index contributed by atoms with van der Waals surface area (Å²) in [6, 6.07) is 14.4. The minimum atomic E-state index is -3.62. The van der Waals surface area contributed by atoms with Crippen LogP contribution in [0.3, 0.4) is 0 Å². The average Bonchev–Trinajstić information content (AvgIpc) is 3.17. The molecule has 0 amide bonds. The van der Waals surface area contributed by atoms with Gasteiger partial charge in [-0.3, -0.25) is 4.79 Å². The van der Waals surface area contributed by atoms with Gasteiger partial charge in [0, 0.05) is 30.9 Å². The molecular weight excluding hydrogens is 348 g/mol. The Morgan fingerprint density at radius 3 is 2.42 bits per heavy atom. The molecule has 0 unspecified atom stereocenters. The van der Waals surface area contributed by atoms with Crippen LogP contribution in [0.4, 0.5) is 5.69 Å². The van der Waals surface area contributed by atoms with Crippen molar-refractivity contribution >= 4 is 21.5 Å². The lowest BCUT2D eigenvalue weighted by atomic mass is 10.1. The van der Waals surface area contributed by atoms with Gasteiger partial charge in [0.05, 0.1) is 4.90 Å². The van der Waals surface area contributed by atoms with Gasteiger partial charge in [0.1, 0.15) is 0 Å². The highest BCUT2D eigenvalue weighted by Crippen LogP contribution is 2.20. The molecule has 3 rings (SSSR count). The van der Waals surface area contributed by atoms with Gasteiger partial charge in [0.15, 0.2) is 5.78 Å². The quantitative estimate of drug-likeness (QED) is 0.759. The minimum Gasteiger partial charge on any atom is -0.372 e. The number of sulfonamides is 1. The summed E-state index contributed by atoms with van der Waals surface area (Å²) in [6.07, 6.45) is 3.11. The first-order chi connectivity index (χ1) is 12.5. The zero-order chi connectivity index (χ0) is 18.6. The Balaban J connectivity index is 1.58. The number of carbonyl (C=O) groups is 1. The van der Waals surface area contributed by atoms with Crippen LogP contribution in [0.1, 0.15) is 35.7 Å². The van der Waals surface area contributed by atoms with Crippen molar-refractivity contribution in [3.63, 3.8) is 0 Å². The van der Waals surface area contributed by atoms with Crippen molar-refractivity contribution in [3.05, 3.63) is 59.7 Å². The average molecular weight is 372 g/mol. The second-order valence-electron chi connectivity index (χ2n) is 6.59. The third kappa shape index (κ3) is 4.51. The molecule has 1 saturated heterocycles. The summed E-state index contributed by atoms with van der Waals surface area (Å²) in [5.74, 6) is -0.153. The molecule has 0 aliphatic carbocycles. The third-order valence-corrected chi connectivity index (χ3v) is 6.12. The van der Waals surface area contributed by atoms with E-state index >= 15 is 0 Å². The van der Waals surface area contributed by atoms with Crippen molar-refractivity contribution < 1.29 is 13.2 Å². The molecule has 1 heterocycles. The molecular formula is C20H24N2O3S. The summed E-state index contributed by atoms with van der Waals surface area (Å²) in [4.78, 5) is 13.9. The van der Waals surface area contributed by atoms with Crippen LogP contribution in [0.5, 0.6) is 0 Å². The number of ketones is 1. The molecule has 0 spiro atoms. The molecule has 1 N–H and O–H groups in total. The number of carbonyl (C=O) groups excluding carboxylic acids is 1. The maximum absolute atomic E-state index is 12.4. The van der Waals surface area contributed by atoms with Crippen LogP contribution in [0.2, 0.25) is 0 Å². The fourth-order valence-electron chi connectivity index (χ4n) is 3.14. The van der Waals surface area contributed by atoms with Crippen LogP contribution in [-0.4, -0.2) is 33.8 Å². The van der Waals surface area contributed by atoms with Gasteiger partial charge in [-0.25, -0.2) is 13.1 Å². The maximum atomic E-state index is 12.4.